The quantitative estimate of drug-likeness (QED) is 0.799. The summed E-state index contributed by atoms with van der Waals surface area (Å²) in [6.07, 6.45) is 2.64. The molecule has 134 valence electrons. The average molecular weight is 346 g/mol. The van der Waals surface area contributed by atoms with Crippen molar-refractivity contribution < 1.29 is 23.8 Å². The van der Waals surface area contributed by atoms with Gasteiger partial charge in [0.1, 0.15) is 0 Å². The predicted octanol–water partition coefficient (Wildman–Crippen LogP) is 2.32. The Morgan fingerprint density at radius 2 is 2.20 bits per heavy atom. The Balaban J connectivity index is 1.75. The zero-order valence-corrected chi connectivity index (χ0v) is 14.3. The van der Waals surface area contributed by atoms with Crippen molar-refractivity contribution in [3.8, 4) is 11.8 Å². The van der Waals surface area contributed by atoms with Crippen LogP contribution >= 0.6 is 0 Å². The summed E-state index contributed by atoms with van der Waals surface area (Å²) in [7, 11) is 1.55. The number of aromatic nitrogens is 1. The summed E-state index contributed by atoms with van der Waals surface area (Å²) in [6.45, 7) is 2.31. The van der Waals surface area contributed by atoms with Crippen LogP contribution in [0.3, 0.4) is 0 Å². The van der Waals surface area contributed by atoms with Gasteiger partial charge in [-0.05, 0) is 37.3 Å². The highest BCUT2D eigenvalue weighted by Gasteiger charge is 2.36. The van der Waals surface area contributed by atoms with Crippen LogP contribution in [-0.4, -0.2) is 35.8 Å². The van der Waals surface area contributed by atoms with Gasteiger partial charge in [-0.1, -0.05) is 6.07 Å². The molecule has 1 aliphatic carbocycles. The molecular formula is C18H22N2O5. The number of aliphatic hydroxyl groups is 1. The summed E-state index contributed by atoms with van der Waals surface area (Å²) in [5.74, 6) is 0.836. The fourth-order valence-electron chi connectivity index (χ4n) is 2.95. The Labute approximate surface area is 146 Å². The summed E-state index contributed by atoms with van der Waals surface area (Å²) in [6, 6.07) is 6.57. The molecule has 2 aromatic heterocycles. The van der Waals surface area contributed by atoms with Crippen LogP contribution in [0, 0.1) is 5.92 Å². The Morgan fingerprint density at radius 3 is 2.80 bits per heavy atom. The molecule has 0 bridgehead atoms. The van der Waals surface area contributed by atoms with E-state index < -0.39 is 0 Å². The first-order valence-corrected chi connectivity index (χ1v) is 8.32. The van der Waals surface area contributed by atoms with Crippen LogP contribution in [0.5, 0.6) is 11.8 Å². The number of hydrogen-bond acceptors (Lipinski definition) is 6. The van der Waals surface area contributed by atoms with Crippen molar-refractivity contribution in [1.82, 2.24) is 10.3 Å². The number of amides is 1. The maximum atomic E-state index is 12.5. The second-order valence-corrected chi connectivity index (χ2v) is 6.02. The van der Waals surface area contributed by atoms with Gasteiger partial charge in [0.25, 0.3) is 11.9 Å². The van der Waals surface area contributed by atoms with Gasteiger partial charge in [-0.25, -0.2) is 4.98 Å². The molecule has 3 rings (SSSR count). The number of aliphatic hydroxyl groups excluding tert-OH is 1. The number of hydrogen-bond donors (Lipinski definition) is 2. The van der Waals surface area contributed by atoms with E-state index in [2.05, 4.69) is 10.3 Å². The number of pyridine rings is 1. The van der Waals surface area contributed by atoms with Crippen molar-refractivity contribution in [3.05, 3.63) is 41.8 Å². The second kappa shape index (κ2) is 7.57. The third-order valence-electron chi connectivity index (χ3n) is 4.33. The fourth-order valence-corrected chi connectivity index (χ4v) is 2.95. The summed E-state index contributed by atoms with van der Waals surface area (Å²) in [5, 5.41) is 12.6. The van der Waals surface area contributed by atoms with E-state index in [1.165, 1.54) is 0 Å². The molecule has 1 atom stereocenters. The van der Waals surface area contributed by atoms with E-state index in [0.29, 0.717) is 31.3 Å². The number of nitrogens with zero attached hydrogens (tertiary/aromatic N) is 1. The zero-order valence-electron chi connectivity index (χ0n) is 14.3. The van der Waals surface area contributed by atoms with E-state index in [-0.39, 0.29) is 29.7 Å². The van der Waals surface area contributed by atoms with Crippen molar-refractivity contribution in [2.45, 2.75) is 31.9 Å². The number of furan rings is 1. The number of nitrogens with one attached hydrogen (secondary N) is 1. The Kier molecular flexibility index (Phi) is 5.23. The van der Waals surface area contributed by atoms with Gasteiger partial charge in [0.15, 0.2) is 5.76 Å². The molecule has 7 heteroatoms. The molecule has 1 saturated carbocycles. The van der Waals surface area contributed by atoms with Gasteiger partial charge in [0, 0.05) is 18.3 Å². The molecular weight excluding hydrogens is 324 g/mol. The van der Waals surface area contributed by atoms with Gasteiger partial charge in [0.2, 0.25) is 5.88 Å². The molecule has 0 saturated heterocycles. The normalized spacial score (nSPS) is 20.4. The van der Waals surface area contributed by atoms with Gasteiger partial charge in [-0.2, -0.15) is 0 Å². The van der Waals surface area contributed by atoms with Gasteiger partial charge < -0.3 is 24.3 Å². The number of carbonyl (C=O) groups excluding carboxylic acids is 1. The molecule has 1 fully saturated rings. The van der Waals surface area contributed by atoms with Gasteiger partial charge in [-0.15, -0.1) is 0 Å². The predicted molar refractivity (Wildman–Crippen MR) is 89.6 cm³/mol. The molecule has 2 aromatic rings. The van der Waals surface area contributed by atoms with Crippen LogP contribution < -0.4 is 14.8 Å². The molecule has 0 radical (unpaired) electrons. The van der Waals surface area contributed by atoms with Crippen molar-refractivity contribution in [2.24, 2.45) is 5.92 Å². The number of methoxy groups -OCH3 is 1. The summed E-state index contributed by atoms with van der Waals surface area (Å²) < 4.78 is 15.7. The molecule has 2 heterocycles. The monoisotopic (exact) mass is 346 g/mol. The van der Waals surface area contributed by atoms with Crippen LogP contribution in [0.15, 0.2) is 34.9 Å². The summed E-state index contributed by atoms with van der Waals surface area (Å²) >= 11 is 0. The average Bonchev–Trinajstić information content (AvgIpc) is 3.06. The Morgan fingerprint density at radius 1 is 1.40 bits per heavy atom. The zero-order chi connectivity index (χ0) is 17.8. The third kappa shape index (κ3) is 3.93. The molecule has 7 nitrogen and oxygen atoms in total. The lowest BCUT2D eigenvalue weighted by Crippen LogP contribution is -2.41. The van der Waals surface area contributed by atoms with Crippen molar-refractivity contribution in [1.29, 1.82) is 0 Å². The molecule has 0 aliphatic heterocycles. The van der Waals surface area contributed by atoms with E-state index in [4.69, 9.17) is 13.9 Å². The third-order valence-corrected chi connectivity index (χ3v) is 4.33. The first kappa shape index (κ1) is 17.3. The molecule has 0 spiro atoms. The van der Waals surface area contributed by atoms with Crippen LogP contribution in [0.1, 0.15) is 41.9 Å². The highest BCUT2D eigenvalue weighted by Crippen LogP contribution is 2.38. The van der Waals surface area contributed by atoms with Crippen molar-refractivity contribution in [3.63, 3.8) is 0 Å². The Bertz CT molecular complexity index is 707. The number of ether oxygens (including phenoxy) is 2. The van der Waals surface area contributed by atoms with Crippen LogP contribution in [-0.2, 0) is 0 Å². The summed E-state index contributed by atoms with van der Waals surface area (Å²) in [5.41, 5.74) is 0.864. The topological polar surface area (TPSA) is 93.8 Å². The molecule has 0 unspecified atom stereocenters. The number of rotatable bonds is 7. The van der Waals surface area contributed by atoms with E-state index in [9.17, 15) is 9.90 Å². The van der Waals surface area contributed by atoms with E-state index in [1.807, 2.05) is 13.0 Å². The minimum Gasteiger partial charge on any atom is -0.481 e. The number of carbonyl (C=O) groups is 1. The molecule has 2 N–H and O–H groups in total. The molecule has 25 heavy (non-hydrogen) atoms. The lowest BCUT2D eigenvalue weighted by Gasteiger charge is -2.38. The maximum absolute atomic E-state index is 12.5. The van der Waals surface area contributed by atoms with E-state index >= 15 is 0 Å². The molecule has 1 amide bonds. The first-order valence-electron chi connectivity index (χ1n) is 8.32. The van der Waals surface area contributed by atoms with E-state index in [1.54, 1.807) is 31.5 Å². The highest BCUT2D eigenvalue weighted by molar-refractivity contribution is 5.91. The lowest BCUT2D eigenvalue weighted by molar-refractivity contribution is 0.0231. The largest absolute Gasteiger partial charge is 0.481 e. The smallest absolute Gasteiger partial charge is 0.287 e. The first-order chi connectivity index (χ1) is 12.1. The standard InChI is InChI=1S/C18H22N2O5/c1-3-24-16-7-5-14(25-16)18(22)20-17(12-8-13(21)9-12)11-4-6-15(23-2)19-10-11/h4-7,10,12-13,17,21H,3,8-9H2,1-2H3,(H,20,22)/t12?,13?,17-/m0/s1. The van der Waals surface area contributed by atoms with Crippen molar-refractivity contribution >= 4 is 5.91 Å². The minimum atomic E-state index is -0.326. The minimum absolute atomic E-state index is 0.149. The SMILES string of the molecule is CCOc1ccc(C(=O)N[C@@H](c2ccc(OC)nc2)C2CC(O)C2)o1. The van der Waals surface area contributed by atoms with Gasteiger partial charge in [-0.3, -0.25) is 4.79 Å². The highest BCUT2D eigenvalue weighted by atomic mass is 16.6. The van der Waals surface area contributed by atoms with Gasteiger partial charge >= 0.3 is 0 Å². The summed E-state index contributed by atoms with van der Waals surface area (Å²) in [4.78, 5) is 16.7. The van der Waals surface area contributed by atoms with Crippen LogP contribution in [0.2, 0.25) is 0 Å². The van der Waals surface area contributed by atoms with Gasteiger partial charge in [0.05, 0.1) is 25.9 Å². The lowest BCUT2D eigenvalue weighted by atomic mass is 9.75. The van der Waals surface area contributed by atoms with Crippen molar-refractivity contribution in [2.75, 3.05) is 13.7 Å². The molecule has 1 aliphatic rings. The Hall–Kier alpha value is -2.54. The van der Waals surface area contributed by atoms with Crippen LogP contribution in [0.4, 0.5) is 0 Å². The molecule has 0 aromatic carbocycles. The van der Waals surface area contributed by atoms with Crippen LogP contribution in [0.25, 0.3) is 0 Å². The second-order valence-electron chi connectivity index (χ2n) is 6.02. The maximum Gasteiger partial charge on any atom is 0.287 e. The fraction of sp³-hybridized carbons (Fsp3) is 0.444. The van der Waals surface area contributed by atoms with E-state index in [0.717, 1.165) is 5.56 Å².